The summed E-state index contributed by atoms with van der Waals surface area (Å²) in [6, 6.07) is 0. The summed E-state index contributed by atoms with van der Waals surface area (Å²) in [6.45, 7) is 0. The largest absolute Gasteiger partial charge is 0.304 e. The van der Waals surface area contributed by atoms with Crippen LogP contribution in [0.1, 0.15) is 6.42 Å². The summed E-state index contributed by atoms with van der Waals surface area (Å²) in [7, 11) is 0. The molecule has 5 heteroatoms. The molecular weight excluding hydrogens is 120 g/mol. The molecule has 1 aliphatic heterocycles. The second-order valence-electron chi connectivity index (χ2n) is 1.34. The number of alkyl halides is 1. The number of rotatable bonds is 0. The number of hydrogen-bond donors (Lipinski definition) is 0. The first-order chi connectivity index (χ1) is 3.30. The van der Waals surface area contributed by atoms with E-state index in [1.807, 2.05) is 0 Å². The maximum atomic E-state index is 11.9. The molecule has 0 saturated carbocycles. The minimum atomic E-state index is -1.06. The Hall–Kier alpha value is -0.510. The van der Waals surface area contributed by atoms with Crippen molar-refractivity contribution in [3.05, 3.63) is 5.28 Å². The van der Waals surface area contributed by atoms with Crippen molar-refractivity contribution in [1.29, 1.82) is 0 Å². The van der Waals surface area contributed by atoms with Gasteiger partial charge in [-0.1, -0.05) is 0 Å². The van der Waals surface area contributed by atoms with Crippen LogP contribution in [0.15, 0.2) is 0 Å². The van der Waals surface area contributed by atoms with E-state index in [0.29, 0.717) is 0 Å². The highest BCUT2D eigenvalue weighted by atomic mass is 35.5. The van der Waals surface area contributed by atoms with Crippen LogP contribution in [0.4, 0.5) is 4.39 Å². The number of nitrogens with zero attached hydrogens (tertiary/aromatic N) is 3. The van der Waals surface area contributed by atoms with Crippen molar-refractivity contribution in [1.82, 2.24) is 14.6 Å². The van der Waals surface area contributed by atoms with E-state index in [4.69, 9.17) is 11.6 Å². The molecule has 7 heavy (non-hydrogen) atoms. The molecule has 0 fully saturated rings. The van der Waals surface area contributed by atoms with Crippen LogP contribution in [0.25, 0.3) is 0 Å². The molecule has 2 heterocycles. The van der Waals surface area contributed by atoms with Crippen LogP contribution in [0.3, 0.4) is 0 Å². The van der Waals surface area contributed by atoms with Gasteiger partial charge in [-0.2, -0.15) is 9.07 Å². The molecule has 1 aromatic rings. The van der Waals surface area contributed by atoms with Crippen LogP contribution in [0, 0.1) is 0 Å². The molecule has 0 aliphatic carbocycles. The van der Waals surface area contributed by atoms with E-state index in [-0.39, 0.29) is 5.28 Å². The van der Waals surface area contributed by atoms with E-state index in [9.17, 15) is 4.39 Å². The highest BCUT2D eigenvalue weighted by molar-refractivity contribution is 6.28. The third-order valence-corrected chi connectivity index (χ3v) is 1.18. The number of halogens is 2. The van der Waals surface area contributed by atoms with E-state index >= 15 is 0 Å². The zero-order valence-corrected chi connectivity index (χ0v) is 3.93. The summed E-state index contributed by atoms with van der Waals surface area (Å²) >= 11 is 5.23. The monoisotopic (exact) mass is 121 g/mol. The predicted octanol–water partition coefficient (Wildman–Crippen LogP) is 0.625. The summed E-state index contributed by atoms with van der Waals surface area (Å²) in [5.41, 5.74) is 0. The summed E-state index contributed by atoms with van der Waals surface area (Å²) in [5.74, 6) is 0. The lowest BCUT2D eigenvalue weighted by atomic mass is 11.2. The molecule has 0 amide bonds. The second kappa shape index (κ2) is 0.709. The third-order valence-electron chi connectivity index (χ3n) is 0.933. The van der Waals surface area contributed by atoms with Gasteiger partial charge in [0.2, 0.25) is 5.28 Å². The maximum Gasteiger partial charge on any atom is 0.304 e. The molecule has 1 aliphatic rings. The van der Waals surface area contributed by atoms with Gasteiger partial charge < -0.3 is 0 Å². The van der Waals surface area contributed by atoms with E-state index in [1.165, 1.54) is 4.68 Å². The Bertz CT molecular complexity index is 201. The van der Waals surface area contributed by atoms with Crippen molar-refractivity contribution in [3.8, 4) is 0 Å². The highest BCUT2D eigenvalue weighted by Gasteiger charge is 2.38. The summed E-state index contributed by atoms with van der Waals surface area (Å²) in [6.07, 6.45) is -1.06. The molecule has 0 saturated heterocycles. The van der Waals surface area contributed by atoms with Gasteiger partial charge in [0.05, 0.1) is 0 Å². The van der Waals surface area contributed by atoms with Crippen LogP contribution >= 0.6 is 11.6 Å². The van der Waals surface area contributed by atoms with Gasteiger partial charge in [-0.15, -0.1) is 9.90 Å². The van der Waals surface area contributed by atoms with Crippen molar-refractivity contribution in [2.24, 2.45) is 0 Å². The smallest absolute Gasteiger partial charge is 0.193 e. The van der Waals surface area contributed by atoms with Gasteiger partial charge >= 0.3 is 6.42 Å². The molecule has 0 radical (unpaired) electrons. The summed E-state index contributed by atoms with van der Waals surface area (Å²) < 4.78 is 13.1. The van der Waals surface area contributed by atoms with Crippen molar-refractivity contribution >= 4 is 11.6 Å². The Labute approximate surface area is 43.3 Å². The zero-order chi connectivity index (χ0) is 5.02. The summed E-state index contributed by atoms with van der Waals surface area (Å²) in [4.78, 5) is 1.16. The fourth-order valence-corrected chi connectivity index (χ4v) is 0.738. The van der Waals surface area contributed by atoms with Crippen molar-refractivity contribution in [2.75, 3.05) is 0 Å². The quantitative estimate of drug-likeness (QED) is 0.494. The Balaban J connectivity index is 2.48. The third kappa shape index (κ3) is 0.219. The normalized spacial score (nSPS) is 25.1. The van der Waals surface area contributed by atoms with Crippen LogP contribution in [0.2, 0.25) is 5.28 Å². The molecule has 38 valence electrons. The van der Waals surface area contributed by atoms with Crippen LogP contribution in [-0.4, -0.2) is 14.6 Å². The Morgan fingerprint density at radius 3 is 2.57 bits per heavy atom. The van der Waals surface area contributed by atoms with Crippen LogP contribution in [0.5, 0.6) is 0 Å². The molecule has 2 rings (SSSR count). The van der Waals surface area contributed by atoms with Crippen molar-refractivity contribution in [3.63, 3.8) is 0 Å². The highest BCUT2D eigenvalue weighted by Crippen LogP contribution is 2.31. The van der Waals surface area contributed by atoms with E-state index in [1.54, 1.807) is 0 Å². The lowest BCUT2D eigenvalue weighted by molar-refractivity contribution is 0.380. The van der Waals surface area contributed by atoms with Crippen LogP contribution < -0.4 is 0 Å². The lowest BCUT2D eigenvalue weighted by Gasteiger charge is -1.82. The molecule has 1 atom stereocenters. The molecule has 0 bridgehead atoms. The fourth-order valence-electron chi connectivity index (χ4n) is 0.502. The lowest BCUT2D eigenvalue weighted by Crippen LogP contribution is -1.91. The topological polar surface area (TPSA) is 22.8 Å². The first-order valence-electron chi connectivity index (χ1n) is 1.77. The van der Waals surface area contributed by atoms with Gasteiger partial charge in [0.1, 0.15) is 0 Å². The summed E-state index contributed by atoms with van der Waals surface area (Å²) in [5, 5.41) is 3.69. The first-order valence-corrected chi connectivity index (χ1v) is 2.15. The van der Waals surface area contributed by atoms with Gasteiger partial charge in [-0.3, -0.25) is 0 Å². The first kappa shape index (κ1) is 3.49. The molecule has 0 N–H and O–H groups in total. The Morgan fingerprint density at radius 2 is 2.57 bits per heavy atom. The number of fused-ring (bicyclic) bond motifs is 1. The SMILES string of the molecule is FC1n2nc(Cl)n21. The van der Waals surface area contributed by atoms with Gasteiger partial charge in [0.15, 0.2) is 0 Å². The zero-order valence-electron chi connectivity index (χ0n) is 3.17. The predicted molar refractivity (Wildman–Crippen MR) is 20.8 cm³/mol. The average molecular weight is 122 g/mol. The minimum Gasteiger partial charge on any atom is -0.193 e. The fraction of sp³-hybridized carbons (Fsp3) is 0.500. The number of hydrogen-bond acceptors (Lipinski definition) is 1. The molecule has 1 aromatic heterocycles. The minimum absolute atomic E-state index is 0.243. The van der Waals surface area contributed by atoms with E-state index < -0.39 is 6.42 Å². The Kier molecular flexibility index (Phi) is 0.353. The standard InChI is InChI=1S/C2HClFN3/c3-1-5-7-2(4)6(1)7/h2H. The van der Waals surface area contributed by atoms with E-state index in [2.05, 4.69) is 5.10 Å². The molecule has 0 spiro atoms. The van der Waals surface area contributed by atoms with Gasteiger partial charge in [0, 0.05) is 0 Å². The van der Waals surface area contributed by atoms with Crippen LogP contribution in [-0.2, 0) is 0 Å². The molecule has 0 aromatic carbocycles. The van der Waals surface area contributed by atoms with Gasteiger partial charge in [0.25, 0.3) is 0 Å². The molecule has 3 nitrogen and oxygen atoms in total. The maximum absolute atomic E-state index is 11.9. The van der Waals surface area contributed by atoms with Crippen molar-refractivity contribution in [2.45, 2.75) is 6.42 Å². The van der Waals surface area contributed by atoms with E-state index in [0.717, 1.165) is 4.80 Å². The molecular formula is C2HClFN3. The number of aromatic nitrogens is 3. The van der Waals surface area contributed by atoms with Crippen molar-refractivity contribution < 1.29 is 4.39 Å². The Morgan fingerprint density at radius 1 is 1.86 bits per heavy atom. The second-order valence-corrected chi connectivity index (χ2v) is 1.68. The molecule has 1 unspecified atom stereocenters. The average Bonchev–Trinajstić information content (AvgIpc) is 2.07. The van der Waals surface area contributed by atoms with Gasteiger partial charge in [-0.25, -0.2) is 0 Å². The van der Waals surface area contributed by atoms with Gasteiger partial charge in [-0.05, 0) is 11.6 Å².